The van der Waals surface area contributed by atoms with Crippen LogP contribution in [0.2, 0.25) is 0 Å². The third-order valence-corrected chi connectivity index (χ3v) is 3.94. The summed E-state index contributed by atoms with van der Waals surface area (Å²) in [5.74, 6) is -0.122. The molecule has 0 atom stereocenters. The largest absolute Gasteiger partial charge is 0.278 e. The van der Waals surface area contributed by atoms with Crippen molar-refractivity contribution in [1.82, 2.24) is 9.55 Å². The molecule has 2 heterocycles. The zero-order chi connectivity index (χ0) is 16.1. The lowest BCUT2D eigenvalue weighted by Crippen LogP contribution is -2.04. The van der Waals surface area contributed by atoms with Crippen molar-refractivity contribution in [2.24, 2.45) is 0 Å². The smallest absolute Gasteiger partial charge is 0.270 e. The Labute approximate surface area is 130 Å². The highest BCUT2D eigenvalue weighted by Gasteiger charge is 2.16. The van der Waals surface area contributed by atoms with E-state index in [2.05, 4.69) is 4.98 Å². The first-order chi connectivity index (χ1) is 11.1. The van der Waals surface area contributed by atoms with Gasteiger partial charge in [0.25, 0.3) is 5.69 Å². The molecule has 23 heavy (non-hydrogen) atoms. The maximum absolute atomic E-state index is 12.1. The highest BCUT2D eigenvalue weighted by atomic mass is 16.6. The predicted octanol–water partition coefficient (Wildman–Crippen LogP) is 3.91. The van der Waals surface area contributed by atoms with E-state index in [-0.39, 0.29) is 11.6 Å². The van der Waals surface area contributed by atoms with Gasteiger partial charge in [0.15, 0.2) is 0 Å². The Hall–Kier alpha value is -3.28. The van der Waals surface area contributed by atoms with Gasteiger partial charge < -0.3 is 0 Å². The fourth-order valence-corrected chi connectivity index (χ4v) is 2.97. The maximum atomic E-state index is 12.1. The van der Waals surface area contributed by atoms with Crippen LogP contribution in [-0.4, -0.2) is 20.4 Å². The van der Waals surface area contributed by atoms with Gasteiger partial charge in [0, 0.05) is 29.8 Å². The lowest BCUT2D eigenvalue weighted by atomic mass is 10.1. The van der Waals surface area contributed by atoms with Gasteiger partial charge in [-0.2, -0.15) is 0 Å². The minimum absolute atomic E-state index is 0.00383. The first-order valence-corrected chi connectivity index (χ1v) is 7.05. The second kappa shape index (κ2) is 4.61. The number of pyridine rings is 1. The molecule has 2 aromatic carbocycles. The van der Waals surface area contributed by atoms with Crippen LogP contribution in [0.5, 0.6) is 0 Å². The summed E-state index contributed by atoms with van der Waals surface area (Å²) in [6.07, 6.45) is 0. The van der Waals surface area contributed by atoms with E-state index in [1.54, 1.807) is 16.7 Å². The van der Waals surface area contributed by atoms with Crippen LogP contribution in [0.25, 0.3) is 32.8 Å². The Morgan fingerprint density at radius 1 is 1.13 bits per heavy atom. The van der Waals surface area contributed by atoms with Crippen LogP contribution in [0.4, 0.5) is 5.69 Å². The molecule has 0 aliphatic rings. The van der Waals surface area contributed by atoms with Crippen LogP contribution in [0.3, 0.4) is 0 Å². The molecule has 6 nitrogen and oxygen atoms in total. The maximum Gasteiger partial charge on any atom is 0.270 e. The molecular formula is C17H11N3O3. The Morgan fingerprint density at radius 3 is 2.65 bits per heavy atom. The van der Waals surface area contributed by atoms with Gasteiger partial charge in [0.05, 0.1) is 27.0 Å². The van der Waals surface area contributed by atoms with E-state index >= 15 is 0 Å². The van der Waals surface area contributed by atoms with Crippen molar-refractivity contribution in [2.45, 2.75) is 6.92 Å². The van der Waals surface area contributed by atoms with Gasteiger partial charge in [-0.05, 0) is 18.2 Å². The molecule has 112 valence electrons. The van der Waals surface area contributed by atoms with E-state index < -0.39 is 4.92 Å². The highest BCUT2D eigenvalue weighted by Crippen LogP contribution is 2.31. The van der Waals surface area contributed by atoms with Crippen molar-refractivity contribution in [1.29, 1.82) is 0 Å². The number of nitrogens with zero attached hydrogens (tertiary/aromatic N) is 3. The minimum Gasteiger partial charge on any atom is -0.278 e. The van der Waals surface area contributed by atoms with E-state index in [1.807, 2.05) is 24.3 Å². The summed E-state index contributed by atoms with van der Waals surface area (Å²) in [6.45, 7) is 1.49. The lowest BCUT2D eigenvalue weighted by Gasteiger charge is -2.02. The number of rotatable bonds is 1. The molecule has 0 radical (unpaired) electrons. The van der Waals surface area contributed by atoms with Crippen molar-refractivity contribution in [3.8, 4) is 0 Å². The highest BCUT2D eigenvalue weighted by molar-refractivity contribution is 6.13. The van der Waals surface area contributed by atoms with Crippen LogP contribution >= 0.6 is 0 Å². The molecule has 0 aliphatic carbocycles. The van der Waals surface area contributed by atoms with Crippen molar-refractivity contribution in [3.05, 3.63) is 58.6 Å². The molecule has 0 aliphatic heterocycles. The van der Waals surface area contributed by atoms with Crippen LogP contribution in [-0.2, 0) is 0 Å². The number of nitro groups is 1. The average molecular weight is 305 g/mol. The molecule has 0 bridgehead atoms. The summed E-state index contributed by atoms with van der Waals surface area (Å²) < 4.78 is 1.59. The number of hydrogen-bond acceptors (Lipinski definition) is 4. The van der Waals surface area contributed by atoms with Gasteiger partial charge >= 0.3 is 0 Å². The first kappa shape index (κ1) is 13.4. The van der Waals surface area contributed by atoms with E-state index in [9.17, 15) is 14.9 Å². The van der Waals surface area contributed by atoms with E-state index in [0.29, 0.717) is 16.4 Å². The molecule has 0 spiro atoms. The summed E-state index contributed by atoms with van der Waals surface area (Å²) in [5, 5.41) is 12.5. The summed E-state index contributed by atoms with van der Waals surface area (Å²) >= 11 is 0. The van der Waals surface area contributed by atoms with Gasteiger partial charge in [-0.1, -0.05) is 18.2 Å². The van der Waals surface area contributed by atoms with Crippen LogP contribution in [0.15, 0.2) is 48.5 Å². The second-order valence-corrected chi connectivity index (χ2v) is 5.36. The molecular weight excluding hydrogens is 294 g/mol. The third-order valence-electron chi connectivity index (χ3n) is 3.94. The molecule has 0 fully saturated rings. The molecule has 0 unspecified atom stereocenters. The van der Waals surface area contributed by atoms with Crippen molar-refractivity contribution in [2.75, 3.05) is 0 Å². The van der Waals surface area contributed by atoms with Crippen molar-refractivity contribution < 1.29 is 9.72 Å². The van der Waals surface area contributed by atoms with Crippen LogP contribution < -0.4 is 0 Å². The molecule has 0 amide bonds. The number of nitro benzene ring substituents is 1. The normalized spacial score (nSPS) is 11.3. The SMILES string of the molecule is CC(=O)n1c2ccccc2c2nc3ccc([N+](=O)[O-])cc3cc21. The predicted molar refractivity (Wildman–Crippen MR) is 87.7 cm³/mol. The van der Waals surface area contributed by atoms with Crippen molar-refractivity contribution in [3.63, 3.8) is 0 Å². The summed E-state index contributed by atoms with van der Waals surface area (Å²) in [7, 11) is 0. The standard InChI is InChI=1S/C17H11N3O3/c1-10(21)19-15-5-3-2-4-13(15)17-16(19)9-11-8-12(20(22)23)6-7-14(11)18-17/h2-9H,1H3. The summed E-state index contributed by atoms with van der Waals surface area (Å²) in [4.78, 5) is 27.2. The zero-order valence-electron chi connectivity index (χ0n) is 12.2. The fraction of sp³-hybridized carbons (Fsp3) is 0.0588. The number of para-hydroxylation sites is 1. The molecule has 0 saturated carbocycles. The second-order valence-electron chi connectivity index (χ2n) is 5.36. The van der Waals surface area contributed by atoms with Crippen LogP contribution in [0, 0.1) is 10.1 Å². The minimum atomic E-state index is -0.440. The van der Waals surface area contributed by atoms with E-state index in [1.165, 1.54) is 19.1 Å². The van der Waals surface area contributed by atoms with Crippen LogP contribution in [0.1, 0.15) is 11.7 Å². The Balaban J connectivity index is 2.20. The molecule has 4 rings (SSSR count). The molecule has 0 N–H and O–H groups in total. The van der Waals surface area contributed by atoms with Gasteiger partial charge in [-0.15, -0.1) is 0 Å². The number of benzene rings is 2. The van der Waals surface area contributed by atoms with Gasteiger partial charge in [0.2, 0.25) is 5.91 Å². The monoisotopic (exact) mass is 305 g/mol. The van der Waals surface area contributed by atoms with Crippen molar-refractivity contribution >= 4 is 44.4 Å². The third kappa shape index (κ3) is 1.88. The fourth-order valence-electron chi connectivity index (χ4n) is 2.97. The zero-order valence-corrected chi connectivity index (χ0v) is 12.2. The van der Waals surface area contributed by atoms with Gasteiger partial charge in [-0.25, -0.2) is 4.98 Å². The summed E-state index contributed by atoms with van der Waals surface area (Å²) in [5.41, 5.74) is 2.83. The number of aromatic nitrogens is 2. The Bertz CT molecular complexity index is 1130. The van der Waals surface area contributed by atoms with Gasteiger partial charge in [-0.3, -0.25) is 19.5 Å². The molecule has 6 heteroatoms. The number of non-ortho nitro benzene ring substituents is 1. The Morgan fingerprint density at radius 2 is 1.91 bits per heavy atom. The van der Waals surface area contributed by atoms with E-state index in [4.69, 9.17) is 0 Å². The van der Waals surface area contributed by atoms with Gasteiger partial charge in [0.1, 0.15) is 0 Å². The quantitative estimate of drug-likeness (QED) is 0.394. The average Bonchev–Trinajstić information content (AvgIpc) is 2.85. The topological polar surface area (TPSA) is 78.0 Å². The number of carbonyl (C=O) groups excluding carboxylic acids is 1. The van der Waals surface area contributed by atoms with E-state index in [0.717, 1.165) is 16.4 Å². The number of hydrogen-bond donors (Lipinski definition) is 0. The molecule has 0 saturated heterocycles. The summed E-state index contributed by atoms with van der Waals surface area (Å²) in [6, 6.07) is 13.9. The first-order valence-electron chi connectivity index (χ1n) is 7.05. The number of carbonyl (C=O) groups is 1. The lowest BCUT2D eigenvalue weighted by molar-refractivity contribution is -0.384. The molecule has 4 aromatic rings. The Kier molecular flexibility index (Phi) is 2.68. The molecule has 2 aromatic heterocycles. The number of fused-ring (bicyclic) bond motifs is 4.